The lowest BCUT2D eigenvalue weighted by Crippen LogP contribution is -2.48. The largest absolute Gasteiger partial charge is 0.494 e. The number of ether oxygens (including phenoxy) is 1. The second kappa shape index (κ2) is 9.90. The van der Waals surface area contributed by atoms with Gasteiger partial charge in [-0.1, -0.05) is 5.16 Å². The zero-order valence-electron chi connectivity index (χ0n) is 16.3. The smallest absolute Gasteiger partial charge is 0.227 e. The van der Waals surface area contributed by atoms with Crippen molar-refractivity contribution in [2.45, 2.75) is 26.2 Å². The number of carbonyl (C=O) groups is 1. The lowest BCUT2D eigenvalue weighted by Gasteiger charge is -2.34. The Kier molecular flexibility index (Phi) is 7.04. The van der Waals surface area contributed by atoms with E-state index in [0.717, 1.165) is 50.5 Å². The zero-order valence-corrected chi connectivity index (χ0v) is 16.3. The Labute approximate surface area is 165 Å². The topological polar surface area (TPSA) is 71.7 Å². The maximum Gasteiger partial charge on any atom is 0.227 e. The van der Waals surface area contributed by atoms with E-state index >= 15 is 0 Å². The summed E-state index contributed by atoms with van der Waals surface area (Å²) in [6.07, 6.45) is 6.87. The Morgan fingerprint density at radius 3 is 2.68 bits per heavy atom. The van der Waals surface area contributed by atoms with Crippen LogP contribution in [0.25, 0.3) is 11.4 Å². The molecule has 2 aromatic rings. The van der Waals surface area contributed by atoms with Gasteiger partial charge in [0, 0.05) is 57.5 Å². The minimum absolute atomic E-state index is 0.123. The fourth-order valence-electron chi connectivity index (χ4n) is 3.16. The highest BCUT2D eigenvalue weighted by Gasteiger charge is 2.21. The lowest BCUT2D eigenvalue weighted by atomic mass is 10.2. The van der Waals surface area contributed by atoms with Crippen LogP contribution in [0.1, 0.15) is 25.7 Å². The van der Waals surface area contributed by atoms with Crippen LogP contribution in [0, 0.1) is 12.3 Å². The van der Waals surface area contributed by atoms with Crippen molar-refractivity contribution in [3.8, 4) is 29.5 Å². The van der Waals surface area contributed by atoms with Crippen molar-refractivity contribution in [2.75, 3.05) is 39.3 Å². The number of amides is 1. The number of nitrogens with zero attached hydrogens (tertiary/aromatic N) is 4. The molecule has 3 rings (SSSR count). The molecule has 0 aliphatic carbocycles. The summed E-state index contributed by atoms with van der Waals surface area (Å²) in [7, 11) is 0. The number of rotatable bonds is 8. The van der Waals surface area contributed by atoms with Crippen LogP contribution in [0.3, 0.4) is 0 Å². The van der Waals surface area contributed by atoms with Crippen molar-refractivity contribution in [3.05, 3.63) is 30.2 Å². The number of hydrogen-bond acceptors (Lipinski definition) is 6. The summed E-state index contributed by atoms with van der Waals surface area (Å²) in [5, 5.41) is 4.02. The molecule has 0 atom stereocenters. The van der Waals surface area contributed by atoms with Gasteiger partial charge in [0.25, 0.3) is 0 Å². The summed E-state index contributed by atoms with van der Waals surface area (Å²) in [5.74, 6) is 4.58. The monoisotopic (exact) mass is 382 g/mol. The highest BCUT2D eigenvalue weighted by Crippen LogP contribution is 2.20. The molecule has 148 valence electrons. The highest BCUT2D eigenvalue weighted by atomic mass is 16.5. The van der Waals surface area contributed by atoms with Crippen LogP contribution < -0.4 is 4.74 Å². The van der Waals surface area contributed by atoms with Gasteiger partial charge in [-0.25, -0.2) is 0 Å². The van der Waals surface area contributed by atoms with Crippen LogP contribution in [0.15, 0.2) is 28.8 Å². The van der Waals surface area contributed by atoms with Crippen molar-refractivity contribution in [2.24, 2.45) is 0 Å². The van der Waals surface area contributed by atoms with Crippen LogP contribution >= 0.6 is 0 Å². The maximum absolute atomic E-state index is 12.4. The lowest BCUT2D eigenvalue weighted by molar-refractivity contribution is -0.133. The molecule has 7 nitrogen and oxygen atoms in total. The van der Waals surface area contributed by atoms with Gasteiger partial charge < -0.3 is 14.2 Å². The predicted molar refractivity (Wildman–Crippen MR) is 106 cm³/mol. The number of carbonyl (C=O) groups excluding carboxylic acids is 1. The van der Waals surface area contributed by atoms with Crippen LogP contribution in [0.2, 0.25) is 0 Å². The van der Waals surface area contributed by atoms with Crippen molar-refractivity contribution in [1.29, 1.82) is 0 Å². The molecular formula is C21H26N4O3. The molecule has 1 fully saturated rings. The SMILES string of the molecule is C#CCCN1CCN(C(=O)CCc2nc(-c3ccc(OCC)cc3)no2)CC1. The van der Waals surface area contributed by atoms with Crippen LogP contribution in [0.4, 0.5) is 0 Å². The Balaban J connectivity index is 1.46. The molecule has 7 heteroatoms. The molecular weight excluding hydrogens is 356 g/mol. The zero-order chi connectivity index (χ0) is 19.8. The summed E-state index contributed by atoms with van der Waals surface area (Å²) in [5.41, 5.74) is 0.855. The molecule has 0 radical (unpaired) electrons. The number of aromatic nitrogens is 2. The van der Waals surface area contributed by atoms with Crippen molar-refractivity contribution in [1.82, 2.24) is 19.9 Å². The minimum atomic E-state index is 0.123. The van der Waals surface area contributed by atoms with Gasteiger partial charge in [0.2, 0.25) is 17.6 Å². The average molecular weight is 382 g/mol. The standard InChI is InChI=1S/C21H26N4O3/c1-3-5-12-24-13-15-25(16-14-24)20(26)11-10-19-22-21(23-28-19)17-6-8-18(9-7-17)27-4-2/h1,6-9H,4-5,10-16H2,2H3. The fourth-order valence-corrected chi connectivity index (χ4v) is 3.16. The number of hydrogen-bond donors (Lipinski definition) is 0. The van der Waals surface area contributed by atoms with E-state index in [0.29, 0.717) is 31.2 Å². The number of terminal acetylenes is 1. The molecule has 1 aliphatic heterocycles. The third-order valence-electron chi connectivity index (χ3n) is 4.74. The second-order valence-electron chi connectivity index (χ2n) is 6.65. The van der Waals surface area contributed by atoms with E-state index in [-0.39, 0.29) is 5.91 Å². The van der Waals surface area contributed by atoms with Gasteiger partial charge in [0.05, 0.1) is 6.61 Å². The quantitative estimate of drug-likeness (QED) is 0.652. The molecule has 28 heavy (non-hydrogen) atoms. The minimum Gasteiger partial charge on any atom is -0.494 e. The highest BCUT2D eigenvalue weighted by molar-refractivity contribution is 5.76. The second-order valence-corrected chi connectivity index (χ2v) is 6.65. The van der Waals surface area contributed by atoms with E-state index in [1.165, 1.54) is 0 Å². The normalized spacial score (nSPS) is 14.6. The summed E-state index contributed by atoms with van der Waals surface area (Å²) in [6.45, 7) is 6.69. The van der Waals surface area contributed by atoms with E-state index in [2.05, 4.69) is 21.0 Å². The Morgan fingerprint density at radius 2 is 2.00 bits per heavy atom. The van der Waals surface area contributed by atoms with Gasteiger partial charge in [-0.3, -0.25) is 9.69 Å². The van der Waals surface area contributed by atoms with Crippen molar-refractivity contribution >= 4 is 5.91 Å². The molecule has 0 N–H and O–H groups in total. The van der Waals surface area contributed by atoms with Gasteiger partial charge in [0.15, 0.2) is 0 Å². The molecule has 0 saturated carbocycles. The van der Waals surface area contributed by atoms with E-state index in [1.54, 1.807) is 0 Å². The third-order valence-corrected chi connectivity index (χ3v) is 4.74. The first-order valence-electron chi connectivity index (χ1n) is 9.69. The van der Waals surface area contributed by atoms with E-state index in [1.807, 2.05) is 36.1 Å². The van der Waals surface area contributed by atoms with Gasteiger partial charge in [0.1, 0.15) is 5.75 Å². The molecule has 1 saturated heterocycles. The Morgan fingerprint density at radius 1 is 1.25 bits per heavy atom. The maximum atomic E-state index is 12.4. The molecule has 0 bridgehead atoms. The van der Waals surface area contributed by atoms with Crippen molar-refractivity contribution < 1.29 is 14.1 Å². The van der Waals surface area contributed by atoms with Gasteiger partial charge in [-0.15, -0.1) is 12.3 Å². The number of aryl methyl sites for hydroxylation is 1. The molecule has 1 aromatic carbocycles. The van der Waals surface area contributed by atoms with Gasteiger partial charge in [-0.2, -0.15) is 4.98 Å². The molecule has 1 amide bonds. The van der Waals surface area contributed by atoms with Crippen LogP contribution in [0.5, 0.6) is 5.75 Å². The Bertz CT molecular complexity index is 802. The van der Waals surface area contributed by atoms with Gasteiger partial charge >= 0.3 is 0 Å². The third kappa shape index (κ3) is 5.33. The molecule has 0 spiro atoms. The van der Waals surface area contributed by atoms with Crippen LogP contribution in [-0.4, -0.2) is 65.2 Å². The summed E-state index contributed by atoms with van der Waals surface area (Å²) >= 11 is 0. The molecule has 1 aromatic heterocycles. The summed E-state index contributed by atoms with van der Waals surface area (Å²) < 4.78 is 10.7. The summed E-state index contributed by atoms with van der Waals surface area (Å²) in [6, 6.07) is 7.54. The van der Waals surface area contributed by atoms with Crippen molar-refractivity contribution in [3.63, 3.8) is 0 Å². The first kappa shape index (κ1) is 19.9. The van der Waals surface area contributed by atoms with E-state index < -0.39 is 0 Å². The predicted octanol–water partition coefficient (Wildman–Crippen LogP) is 2.24. The molecule has 0 unspecified atom stereocenters. The fraction of sp³-hybridized carbons (Fsp3) is 0.476. The van der Waals surface area contributed by atoms with Gasteiger partial charge in [-0.05, 0) is 31.2 Å². The first-order valence-corrected chi connectivity index (χ1v) is 9.69. The number of piperazine rings is 1. The molecule has 2 heterocycles. The van der Waals surface area contributed by atoms with E-state index in [9.17, 15) is 4.79 Å². The van der Waals surface area contributed by atoms with E-state index in [4.69, 9.17) is 15.7 Å². The Hall–Kier alpha value is -2.85. The molecule has 1 aliphatic rings. The summed E-state index contributed by atoms with van der Waals surface area (Å²) in [4.78, 5) is 21.0. The first-order chi connectivity index (χ1) is 13.7. The average Bonchev–Trinajstić information content (AvgIpc) is 3.21. The van der Waals surface area contributed by atoms with Crippen LogP contribution in [-0.2, 0) is 11.2 Å². The number of benzene rings is 1.